The van der Waals surface area contributed by atoms with Crippen molar-refractivity contribution in [2.24, 2.45) is 0 Å². The average molecular weight is 367 g/mol. The van der Waals surface area contributed by atoms with Gasteiger partial charge in [-0.2, -0.15) is 14.9 Å². The highest BCUT2D eigenvalue weighted by Gasteiger charge is 2.16. The summed E-state index contributed by atoms with van der Waals surface area (Å²) in [7, 11) is 0. The number of aromatic nitrogens is 5. The average Bonchev–Trinajstić information content (AvgIpc) is 3.24. The van der Waals surface area contributed by atoms with E-state index in [4.69, 9.17) is 4.74 Å². The van der Waals surface area contributed by atoms with Crippen LogP contribution >= 0.6 is 0 Å². The molecule has 0 amide bonds. The van der Waals surface area contributed by atoms with Gasteiger partial charge in [0.25, 0.3) is 5.56 Å². The van der Waals surface area contributed by atoms with E-state index in [-0.39, 0.29) is 5.56 Å². The maximum Gasteiger partial charge on any atom is 0.273 e. The van der Waals surface area contributed by atoms with E-state index in [1.165, 1.54) is 11.0 Å². The second kappa shape index (κ2) is 8.11. The molecule has 0 bridgehead atoms. The summed E-state index contributed by atoms with van der Waals surface area (Å²) in [5.41, 5.74) is 1.63. The van der Waals surface area contributed by atoms with Gasteiger partial charge in [0.05, 0.1) is 24.6 Å². The van der Waals surface area contributed by atoms with Crippen LogP contribution in [0.2, 0.25) is 0 Å². The van der Waals surface area contributed by atoms with Crippen LogP contribution in [0.1, 0.15) is 0 Å². The van der Waals surface area contributed by atoms with Crippen LogP contribution in [0.25, 0.3) is 17.2 Å². The van der Waals surface area contributed by atoms with E-state index in [1.807, 2.05) is 30.3 Å². The highest BCUT2D eigenvalue weighted by Crippen LogP contribution is 2.21. The minimum atomic E-state index is -0.214. The van der Waals surface area contributed by atoms with Crippen molar-refractivity contribution in [1.29, 1.82) is 0 Å². The summed E-state index contributed by atoms with van der Waals surface area (Å²) in [5.74, 6) is 0.438. The highest BCUT2D eigenvalue weighted by molar-refractivity contribution is 5.68. The van der Waals surface area contributed by atoms with Crippen LogP contribution in [0.4, 0.5) is 5.69 Å². The van der Waals surface area contributed by atoms with Crippen LogP contribution in [-0.4, -0.2) is 69.3 Å². The Labute approximate surface area is 156 Å². The van der Waals surface area contributed by atoms with Crippen molar-refractivity contribution in [1.82, 2.24) is 29.9 Å². The Morgan fingerprint density at radius 3 is 2.74 bits per heavy atom. The van der Waals surface area contributed by atoms with Crippen molar-refractivity contribution in [3.63, 3.8) is 0 Å². The quantitative estimate of drug-likeness (QED) is 0.663. The maximum absolute atomic E-state index is 12.6. The summed E-state index contributed by atoms with van der Waals surface area (Å²) in [5, 5.41) is 14.7. The molecule has 27 heavy (non-hydrogen) atoms. The largest absolute Gasteiger partial charge is 0.382 e. The van der Waals surface area contributed by atoms with Gasteiger partial charge >= 0.3 is 0 Å². The molecular weight excluding hydrogens is 346 g/mol. The zero-order valence-electron chi connectivity index (χ0n) is 14.8. The molecule has 1 aliphatic heterocycles. The van der Waals surface area contributed by atoms with Crippen molar-refractivity contribution in [2.75, 3.05) is 44.7 Å². The predicted octanol–water partition coefficient (Wildman–Crippen LogP) is 0.762. The van der Waals surface area contributed by atoms with E-state index in [2.05, 4.69) is 30.5 Å². The first-order chi connectivity index (χ1) is 13.3. The number of ether oxygens (including phenoxy) is 1. The Morgan fingerprint density at radius 2 is 2.00 bits per heavy atom. The number of morpholine rings is 1. The summed E-state index contributed by atoms with van der Waals surface area (Å²) in [6, 6.07) is 10.8. The minimum Gasteiger partial charge on any atom is -0.382 e. The maximum atomic E-state index is 12.6. The van der Waals surface area contributed by atoms with Crippen LogP contribution in [-0.2, 0) is 4.74 Å². The third-order valence-corrected chi connectivity index (χ3v) is 4.41. The monoisotopic (exact) mass is 367 g/mol. The number of benzene rings is 1. The molecule has 0 unspecified atom stereocenters. The fraction of sp³-hybridized carbons (Fsp3) is 0.333. The molecule has 1 saturated heterocycles. The van der Waals surface area contributed by atoms with Crippen LogP contribution in [0.15, 0.2) is 47.5 Å². The third kappa shape index (κ3) is 4.04. The molecule has 3 heterocycles. The first-order valence-corrected chi connectivity index (χ1v) is 8.91. The molecule has 0 saturated carbocycles. The second-order valence-corrected chi connectivity index (χ2v) is 6.20. The standard InChI is InChI=1S/C18H21N7O2/c26-16-12-15(19-6-7-24-8-10-27-11-9-24)17(18-20-13-21-22-18)23-25(16)14-4-2-1-3-5-14/h1-5,12-13,19H,6-11H2,(H,20,21,22). The van der Waals surface area contributed by atoms with Crippen LogP contribution in [0, 0.1) is 0 Å². The molecule has 3 aromatic rings. The minimum absolute atomic E-state index is 0.214. The van der Waals surface area contributed by atoms with Gasteiger partial charge in [0, 0.05) is 32.2 Å². The van der Waals surface area contributed by atoms with Gasteiger partial charge in [0.2, 0.25) is 5.82 Å². The first-order valence-electron chi connectivity index (χ1n) is 8.91. The van der Waals surface area contributed by atoms with Gasteiger partial charge in [-0.25, -0.2) is 4.98 Å². The zero-order chi connectivity index (χ0) is 18.5. The lowest BCUT2D eigenvalue weighted by Crippen LogP contribution is -2.39. The van der Waals surface area contributed by atoms with Gasteiger partial charge in [0.1, 0.15) is 6.33 Å². The molecule has 0 spiro atoms. The molecule has 1 aromatic carbocycles. The van der Waals surface area contributed by atoms with Crippen LogP contribution in [0.3, 0.4) is 0 Å². The molecule has 0 atom stereocenters. The number of hydrogen-bond donors (Lipinski definition) is 2. The molecule has 1 fully saturated rings. The lowest BCUT2D eigenvalue weighted by atomic mass is 10.2. The number of para-hydroxylation sites is 1. The topological polar surface area (TPSA) is 101 Å². The Bertz CT molecular complexity index is 919. The van der Waals surface area contributed by atoms with Gasteiger partial charge in [-0.3, -0.25) is 14.8 Å². The summed E-state index contributed by atoms with van der Waals surface area (Å²) in [4.78, 5) is 19.1. The highest BCUT2D eigenvalue weighted by atomic mass is 16.5. The van der Waals surface area contributed by atoms with Crippen LogP contribution < -0.4 is 10.9 Å². The van der Waals surface area contributed by atoms with Gasteiger partial charge < -0.3 is 10.1 Å². The van der Waals surface area contributed by atoms with Gasteiger partial charge in [-0.1, -0.05) is 18.2 Å². The number of rotatable bonds is 6. The van der Waals surface area contributed by atoms with Crippen molar-refractivity contribution < 1.29 is 4.74 Å². The fourth-order valence-electron chi connectivity index (χ4n) is 3.01. The van der Waals surface area contributed by atoms with Crippen molar-refractivity contribution in [3.05, 3.63) is 53.1 Å². The SMILES string of the molecule is O=c1cc(NCCN2CCOCC2)c(-c2nc[nH]n2)nn1-c1ccccc1. The summed E-state index contributed by atoms with van der Waals surface area (Å²) in [6.45, 7) is 4.91. The molecule has 2 N–H and O–H groups in total. The predicted molar refractivity (Wildman–Crippen MR) is 101 cm³/mol. The smallest absolute Gasteiger partial charge is 0.273 e. The molecule has 140 valence electrons. The zero-order valence-corrected chi connectivity index (χ0v) is 14.8. The number of hydrogen-bond acceptors (Lipinski definition) is 7. The van der Waals surface area contributed by atoms with E-state index in [0.717, 1.165) is 32.8 Å². The van der Waals surface area contributed by atoms with E-state index in [0.29, 0.717) is 29.4 Å². The molecule has 0 aliphatic carbocycles. The summed E-state index contributed by atoms with van der Waals surface area (Å²) in [6.07, 6.45) is 1.49. The molecular formula is C18H21N7O2. The van der Waals surface area contributed by atoms with E-state index in [1.54, 1.807) is 6.07 Å². The lowest BCUT2D eigenvalue weighted by Gasteiger charge is -2.26. The molecule has 9 heteroatoms. The molecule has 0 radical (unpaired) electrons. The van der Waals surface area contributed by atoms with Crippen molar-refractivity contribution in [2.45, 2.75) is 0 Å². The number of anilines is 1. The van der Waals surface area contributed by atoms with Gasteiger partial charge in [-0.05, 0) is 12.1 Å². The number of H-pyrrole nitrogens is 1. The Hall–Kier alpha value is -3.04. The molecule has 2 aromatic heterocycles. The van der Waals surface area contributed by atoms with E-state index >= 15 is 0 Å². The molecule has 4 rings (SSSR count). The van der Waals surface area contributed by atoms with Gasteiger partial charge in [0.15, 0.2) is 5.69 Å². The number of nitrogens with zero attached hydrogens (tertiary/aromatic N) is 5. The number of nitrogens with one attached hydrogen (secondary N) is 2. The Morgan fingerprint density at radius 1 is 1.19 bits per heavy atom. The van der Waals surface area contributed by atoms with E-state index in [9.17, 15) is 4.79 Å². The molecule has 1 aliphatic rings. The lowest BCUT2D eigenvalue weighted by molar-refractivity contribution is 0.0398. The fourth-order valence-corrected chi connectivity index (χ4v) is 3.01. The number of aromatic amines is 1. The first kappa shape index (κ1) is 17.4. The second-order valence-electron chi connectivity index (χ2n) is 6.20. The third-order valence-electron chi connectivity index (χ3n) is 4.41. The Kier molecular flexibility index (Phi) is 5.22. The van der Waals surface area contributed by atoms with E-state index < -0.39 is 0 Å². The molecule has 9 nitrogen and oxygen atoms in total. The van der Waals surface area contributed by atoms with Gasteiger partial charge in [-0.15, -0.1) is 0 Å². The Balaban J connectivity index is 1.60. The summed E-state index contributed by atoms with van der Waals surface area (Å²) >= 11 is 0. The van der Waals surface area contributed by atoms with Crippen molar-refractivity contribution >= 4 is 5.69 Å². The normalized spacial score (nSPS) is 15.0. The summed E-state index contributed by atoms with van der Waals surface area (Å²) < 4.78 is 6.73. The van der Waals surface area contributed by atoms with Crippen LogP contribution in [0.5, 0.6) is 0 Å². The van der Waals surface area contributed by atoms with Crippen molar-refractivity contribution in [3.8, 4) is 17.2 Å².